The van der Waals surface area contributed by atoms with Crippen molar-refractivity contribution < 1.29 is 4.79 Å². The number of para-hydroxylation sites is 2. The Balaban J connectivity index is 1.40. The molecule has 0 aliphatic carbocycles. The zero-order chi connectivity index (χ0) is 24.1. The molecule has 0 radical (unpaired) electrons. The Hall–Kier alpha value is -3.19. The largest absolute Gasteiger partial charge is 0.352 e. The number of aromatic nitrogens is 2. The molecule has 0 bridgehead atoms. The van der Waals surface area contributed by atoms with Crippen LogP contribution in [0.2, 0.25) is 0 Å². The minimum absolute atomic E-state index is 0.0913. The summed E-state index contributed by atoms with van der Waals surface area (Å²) in [5.74, 6) is -0.0913. The van der Waals surface area contributed by atoms with Gasteiger partial charge >= 0.3 is 11.1 Å². The number of aryl methyl sites for hydroxylation is 1. The van der Waals surface area contributed by atoms with Crippen molar-refractivity contribution in [1.82, 2.24) is 19.4 Å². The average molecular weight is 463 g/mol. The molecule has 1 atom stereocenters. The molecule has 2 heterocycles. The van der Waals surface area contributed by atoms with Gasteiger partial charge in [0.2, 0.25) is 0 Å². The zero-order valence-electron chi connectivity index (χ0n) is 20.1. The number of nitrogens with one attached hydrogen (secondary N) is 1. The van der Waals surface area contributed by atoms with Crippen molar-refractivity contribution in [2.75, 3.05) is 19.6 Å². The Morgan fingerprint density at radius 2 is 1.65 bits per heavy atom. The summed E-state index contributed by atoms with van der Waals surface area (Å²) >= 11 is 0. The van der Waals surface area contributed by atoms with E-state index < -0.39 is 11.1 Å². The first-order valence-corrected chi connectivity index (χ1v) is 12.3. The number of piperidine rings is 1. The van der Waals surface area contributed by atoms with Gasteiger partial charge in [-0.25, -0.2) is 0 Å². The summed E-state index contributed by atoms with van der Waals surface area (Å²) in [7, 11) is 0. The van der Waals surface area contributed by atoms with Crippen LogP contribution in [0, 0.1) is 0 Å². The summed E-state index contributed by atoms with van der Waals surface area (Å²) in [6, 6.07) is 15.3. The molecule has 1 aliphatic rings. The van der Waals surface area contributed by atoms with Crippen LogP contribution in [-0.2, 0) is 13.1 Å². The summed E-state index contributed by atoms with van der Waals surface area (Å²) in [5.41, 5.74) is 1.86. The monoisotopic (exact) mass is 462 g/mol. The number of benzene rings is 2. The number of likely N-dealkylation sites (tertiary alicyclic amines) is 1. The summed E-state index contributed by atoms with van der Waals surface area (Å²) in [6.07, 6.45) is 4.78. The van der Waals surface area contributed by atoms with Gasteiger partial charge in [0.05, 0.1) is 17.6 Å². The van der Waals surface area contributed by atoms with Gasteiger partial charge in [0, 0.05) is 31.2 Å². The molecule has 180 valence electrons. The summed E-state index contributed by atoms with van der Waals surface area (Å²) in [6.45, 7) is 7.67. The molecule has 7 heteroatoms. The fourth-order valence-corrected chi connectivity index (χ4v) is 4.86. The first kappa shape index (κ1) is 24.0. The highest BCUT2D eigenvalue weighted by Crippen LogP contribution is 2.16. The number of hydrogen-bond acceptors (Lipinski definition) is 4. The molecule has 1 N–H and O–H groups in total. The highest BCUT2D eigenvalue weighted by Gasteiger charge is 2.17. The maximum absolute atomic E-state index is 12.8. The Labute approximate surface area is 200 Å². The van der Waals surface area contributed by atoms with Gasteiger partial charge in [0.1, 0.15) is 0 Å². The van der Waals surface area contributed by atoms with Gasteiger partial charge in [-0.3, -0.25) is 19.0 Å². The van der Waals surface area contributed by atoms with E-state index >= 15 is 0 Å². The van der Waals surface area contributed by atoms with Crippen LogP contribution in [0.5, 0.6) is 0 Å². The van der Waals surface area contributed by atoms with Crippen LogP contribution in [0.3, 0.4) is 0 Å². The number of carbonyl (C=O) groups is 1. The molecule has 1 aromatic heterocycles. The van der Waals surface area contributed by atoms with E-state index in [1.807, 2.05) is 43.3 Å². The van der Waals surface area contributed by atoms with Crippen molar-refractivity contribution in [2.45, 2.75) is 58.7 Å². The van der Waals surface area contributed by atoms with Crippen molar-refractivity contribution in [3.8, 4) is 0 Å². The maximum Gasteiger partial charge on any atom is 0.317 e. The normalized spacial score (nSPS) is 16.6. The minimum Gasteiger partial charge on any atom is -0.352 e. The molecule has 1 fully saturated rings. The van der Waals surface area contributed by atoms with E-state index in [9.17, 15) is 14.4 Å². The lowest BCUT2D eigenvalue weighted by molar-refractivity contribution is 0.0949. The average Bonchev–Trinajstić information content (AvgIpc) is 2.86. The molecular weight excluding hydrogens is 428 g/mol. The molecule has 4 rings (SSSR count). The standard InChI is InChI=1S/C27H34N4O3/c1-3-30-23-10-4-5-11-24(23)31(27(34)26(30)33)19-21-12-14-22(15-13-21)25(32)28-16-8-18-29-17-7-6-9-20(29)2/h4-5,10-15,20H,3,6-9,16-19H2,1-2H3,(H,28,32). The summed E-state index contributed by atoms with van der Waals surface area (Å²) < 4.78 is 3.02. The molecule has 2 aromatic carbocycles. The van der Waals surface area contributed by atoms with Crippen molar-refractivity contribution in [3.63, 3.8) is 0 Å². The third-order valence-corrected chi connectivity index (χ3v) is 6.86. The highest BCUT2D eigenvalue weighted by atomic mass is 16.2. The van der Waals surface area contributed by atoms with Crippen LogP contribution in [0.4, 0.5) is 0 Å². The molecule has 3 aromatic rings. The predicted octanol–water partition coefficient (Wildman–Crippen LogP) is 3.23. The van der Waals surface area contributed by atoms with Crippen molar-refractivity contribution in [2.24, 2.45) is 0 Å². The fourth-order valence-electron chi connectivity index (χ4n) is 4.86. The number of carbonyl (C=O) groups excluding carboxylic acids is 1. The van der Waals surface area contributed by atoms with Gasteiger partial charge in [-0.2, -0.15) is 0 Å². The zero-order valence-corrected chi connectivity index (χ0v) is 20.1. The Kier molecular flexibility index (Phi) is 7.63. The fraction of sp³-hybridized carbons (Fsp3) is 0.444. The highest BCUT2D eigenvalue weighted by molar-refractivity contribution is 5.94. The molecule has 1 aliphatic heterocycles. The van der Waals surface area contributed by atoms with Crippen LogP contribution < -0.4 is 16.4 Å². The lowest BCUT2D eigenvalue weighted by Gasteiger charge is -2.33. The third-order valence-electron chi connectivity index (χ3n) is 6.86. The summed E-state index contributed by atoms with van der Waals surface area (Å²) in [5, 5.41) is 3.01. The van der Waals surface area contributed by atoms with Gasteiger partial charge < -0.3 is 14.8 Å². The van der Waals surface area contributed by atoms with Crippen LogP contribution >= 0.6 is 0 Å². The second-order valence-corrected chi connectivity index (χ2v) is 9.12. The lowest BCUT2D eigenvalue weighted by atomic mass is 10.0. The van der Waals surface area contributed by atoms with Gasteiger partial charge in [-0.05, 0) is 69.5 Å². The molecule has 0 saturated carbocycles. The maximum atomic E-state index is 12.8. The minimum atomic E-state index is -0.537. The Morgan fingerprint density at radius 1 is 0.971 bits per heavy atom. The Bertz CT molecular complexity index is 1260. The smallest absolute Gasteiger partial charge is 0.317 e. The predicted molar refractivity (Wildman–Crippen MR) is 136 cm³/mol. The first-order chi connectivity index (χ1) is 16.5. The van der Waals surface area contributed by atoms with Crippen molar-refractivity contribution in [3.05, 3.63) is 80.4 Å². The molecular formula is C27H34N4O3. The van der Waals surface area contributed by atoms with Gasteiger partial charge in [0.25, 0.3) is 5.91 Å². The third kappa shape index (κ3) is 5.14. The SMILES string of the molecule is CCn1c(=O)c(=O)n(Cc2ccc(C(=O)NCCCN3CCCCC3C)cc2)c2ccccc21. The topological polar surface area (TPSA) is 76.3 Å². The Morgan fingerprint density at radius 3 is 2.32 bits per heavy atom. The van der Waals surface area contributed by atoms with E-state index in [0.29, 0.717) is 24.7 Å². The molecule has 34 heavy (non-hydrogen) atoms. The number of fused-ring (bicyclic) bond motifs is 1. The van der Waals surface area contributed by atoms with E-state index in [0.717, 1.165) is 36.1 Å². The van der Waals surface area contributed by atoms with E-state index in [1.54, 1.807) is 12.1 Å². The number of rotatable bonds is 8. The van der Waals surface area contributed by atoms with Crippen LogP contribution in [0.15, 0.2) is 58.1 Å². The number of nitrogens with zero attached hydrogens (tertiary/aromatic N) is 3. The van der Waals surface area contributed by atoms with Gasteiger partial charge in [0.15, 0.2) is 0 Å². The van der Waals surface area contributed by atoms with Crippen LogP contribution in [-0.4, -0.2) is 45.6 Å². The van der Waals surface area contributed by atoms with Crippen molar-refractivity contribution >= 4 is 16.9 Å². The molecule has 0 spiro atoms. The number of hydrogen-bond donors (Lipinski definition) is 1. The first-order valence-electron chi connectivity index (χ1n) is 12.3. The molecule has 1 amide bonds. The lowest BCUT2D eigenvalue weighted by Crippen LogP contribution is -2.41. The second kappa shape index (κ2) is 10.8. The van der Waals surface area contributed by atoms with Crippen LogP contribution in [0.1, 0.15) is 55.5 Å². The van der Waals surface area contributed by atoms with Gasteiger partial charge in [-0.1, -0.05) is 30.7 Å². The van der Waals surface area contributed by atoms with E-state index in [-0.39, 0.29) is 12.5 Å². The summed E-state index contributed by atoms with van der Waals surface area (Å²) in [4.78, 5) is 40.4. The molecule has 1 unspecified atom stereocenters. The van der Waals surface area contributed by atoms with E-state index in [4.69, 9.17) is 0 Å². The quantitative estimate of drug-likeness (QED) is 0.412. The van der Waals surface area contributed by atoms with E-state index in [2.05, 4.69) is 17.1 Å². The molecule has 7 nitrogen and oxygen atoms in total. The second-order valence-electron chi connectivity index (χ2n) is 9.12. The van der Waals surface area contributed by atoms with E-state index in [1.165, 1.54) is 28.4 Å². The van der Waals surface area contributed by atoms with Crippen LogP contribution in [0.25, 0.3) is 11.0 Å². The van der Waals surface area contributed by atoms with Crippen molar-refractivity contribution in [1.29, 1.82) is 0 Å². The number of amides is 1. The molecule has 1 saturated heterocycles. The van der Waals surface area contributed by atoms with Gasteiger partial charge in [-0.15, -0.1) is 0 Å².